The largest absolute Gasteiger partial charge is 0.294 e. The summed E-state index contributed by atoms with van der Waals surface area (Å²) in [7, 11) is -3.54. The van der Waals surface area contributed by atoms with E-state index in [1.807, 2.05) is 0 Å². The number of hydrogen-bond donors (Lipinski definition) is 0. The summed E-state index contributed by atoms with van der Waals surface area (Å²) in [5.74, 6) is -1.00. The molecule has 0 saturated carbocycles. The number of rotatable bonds is 3. The Balaban J connectivity index is 2.86. The number of Topliss-reactive ketones (excluding diaryl/α,β-unsaturated/α-hetero) is 1. The molecule has 0 bridgehead atoms. The third-order valence-corrected chi connectivity index (χ3v) is 3.90. The van der Waals surface area contributed by atoms with Crippen molar-refractivity contribution in [3.63, 3.8) is 0 Å². The van der Waals surface area contributed by atoms with E-state index in [-0.39, 0.29) is 17.3 Å². The van der Waals surface area contributed by atoms with Crippen LogP contribution in [0, 0.1) is 11.7 Å². The Hall–Kier alpha value is -1.69. The first-order valence-corrected chi connectivity index (χ1v) is 7.62. The SMILES string of the molecule is CC(C)C(=O)c1cn(S(C)(=O)=O)c2ccc(F)cc12. The number of ketones is 1. The summed E-state index contributed by atoms with van der Waals surface area (Å²) >= 11 is 0. The van der Waals surface area contributed by atoms with E-state index in [0.717, 1.165) is 10.2 Å². The number of carbonyl (C=O) groups is 1. The Morgan fingerprint density at radius 2 is 1.95 bits per heavy atom. The molecule has 0 aliphatic rings. The van der Waals surface area contributed by atoms with Crippen LogP contribution < -0.4 is 0 Å². The van der Waals surface area contributed by atoms with Crippen molar-refractivity contribution in [3.8, 4) is 0 Å². The van der Waals surface area contributed by atoms with Crippen molar-refractivity contribution in [1.82, 2.24) is 3.97 Å². The summed E-state index contributed by atoms with van der Waals surface area (Å²) < 4.78 is 37.7. The molecule has 0 unspecified atom stereocenters. The fourth-order valence-electron chi connectivity index (χ4n) is 1.95. The van der Waals surface area contributed by atoms with E-state index in [2.05, 4.69) is 0 Å². The Morgan fingerprint density at radius 1 is 1.32 bits per heavy atom. The highest BCUT2D eigenvalue weighted by Gasteiger charge is 2.21. The molecule has 1 aromatic heterocycles. The fourth-order valence-corrected chi connectivity index (χ4v) is 2.77. The molecule has 19 heavy (non-hydrogen) atoms. The molecule has 4 nitrogen and oxygen atoms in total. The third-order valence-electron chi connectivity index (χ3n) is 2.88. The topological polar surface area (TPSA) is 56.1 Å². The van der Waals surface area contributed by atoms with Gasteiger partial charge >= 0.3 is 0 Å². The predicted molar refractivity (Wildman–Crippen MR) is 71.3 cm³/mol. The monoisotopic (exact) mass is 283 g/mol. The molecule has 1 heterocycles. The average Bonchev–Trinajstić information content (AvgIpc) is 2.66. The lowest BCUT2D eigenvalue weighted by Gasteiger charge is -2.01. The van der Waals surface area contributed by atoms with Gasteiger partial charge in [-0.1, -0.05) is 13.8 Å². The maximum atomic E-state index is 13.3. The molecule has 0 radical (unpaired) electrons. The van der Waals surface area contributed by atoms with E-state index in [1.165, 1.54) is 24.4 Å². The lowest BCUT2D eigenvalue weighted by Crippen LogP contribution is -2.09. The van der Waals surface area contributed by atoms with Crippen molar-refractivity contribution in [2.45, 2.75) is 13.8 Å². The molecule has 0 amide bonds. The van der Waals surface area contributed by atoms with Gasteiger partial charge in [-0.25, -0.2) is 16.8 Å². The smallest absolute Gasteiger partial charge is 0.236 e. The van der Waals surface area contributed by atoms with Crippen LogP contribution in [-0.2, 0) is 10.0 Å². The molecule has 2 aromatic rings. The molecule has 0 spiro atoms. The van der Waals surface area contributed by atoms with E-state index in [1.54, 1.807) is 13.8 Å². The Labute approximate surface area is 110 Å². The van der Waals surface area contributed by atoms with Crippen LogP contribution in [-0.4, -0.2) is 24.4 Å². The number of halogens is 1. The molecule has 2 rings (SSSR count). The average molecular weight is 283 g/mol. The maximum absolute atomic E-state index is 13.3. The van der Waals surface area contributed by atoms with E-state index in [9.17, 15) is 17.6 Å². The minimum atomic E-state index is -3.54. The molecule has 0 saturated heterocycles. The number of hydrogen-bond acceptors (Lipinski definition) is 3. The van der Waals surface area contributed by atoms with Gasteiger partial charge in [0.05, 0.1) is 11.8 Å². The zero-order chi connectivity index (χ0) is 14.4. The van der Waals surface area contributed by atoms with Crippen molar-refractivity contribution in [2.24, 2.45) is 5.92 Å². The second-order valence-corrected chi connectivity index (χ2v) is 6.64. The van der Waals surface area contributed by atoms with Crippen molar-refractivity contribution in [3.05, 3.63) is 35.8 Å². The van der Waals surface area contributed by atoms with Gasteiger partial charge in [0.25, 0.3) is 0 Å². The van der Waals surface area contributed by atoms with Crippen molar-refractivity contribution >= 4 is 26.7 Å². The molecule has 1 aromatic carbocycles. The third kappa shape index (κ3) is 2.40. The van der Waals surface area contributed by atoms with Crippen LogP contribution in [0.2, 0.25) is 0 Å². The van der Waals surface area contributed by atoms with Gasteiger partial charge in [-0.15, -0.1) is 0 Å². The van der Waals surface area contributed by atoms with Gasteiger partial charge in [-0.3, -0.25) is 4.79 Å². The van der Waals surface area contributed by atoms with E-state index in [0.29, 0.717) is 10.9 Å². The number of aromatic nitrogens is 1. The van der Waals surface area contributed by atoms with Crippen LogP contribution in [0.15, 0.2) is 24.4 Å². The number of carbonyl (C=O) groups excluding carboxylic acids is 1. The number of fused-ring (bicyclic) bond motifs is 1. The maximum Gasteiger partial charge on any atom is 0.236 e. The number of benzene rings is 1. The Kier molecular flexibility index (Phi) is 3.22. The molecule has 0 aliphatic heterocycles. The van der Waals surface area contributed by atoms with E-state index >= 15 is 0 Å². The van der Waals surface area contributed by atoms with Crippen molar-refractivity contribution in [2.75, 3.05) is 6.26 Å². The summed E-state index contributed by atoms with van der Waals surface area (Å²) in [5, 5.41) is 0.323. The lowest BCUT2D eigenvalue weighted by atomic mass is 10.0. The molecule has 0 fully saturated rings. The highest BCUT2D eigenvalue weighted by Crippen LogP contribution is 2.26. The second-order valence-electron chi connectivity index (χ2n) is 4.78. The summed E-state index contributed by atoms with van der Waals surface area (Å²) in [6.45, 7) is 3.43. The summed E-state index contributed by atoms with van der Waals surface area (Å²) in [6, 6.07) is 3.73. The Bertz CT molecular complexity index is 760. The van der Waals surface area contributed by atoms with E-state index in [4.69, 9.17) is 0 Å². The summed E-state index contributed by atoms with van der Waals surface area (Å²) in [4.78, 5) is 12.1. The molecular formula is C13H14FNO3S. The van der Waals surface area contributed by atoms with Crippen molar-refractivity contribution < 1.29 is 17.6 Å². The number of nitrogens with zero attached hydrogens (tertiary/aromatic N) is 1. The van der Waals surface area contributed by atoms with Crippen LogP contribution in [0.4, 0.5) is 4.39 Å². The first-order valence-electron chi connectivity index (χ1n) is 5.77. The fraction of sp³-hybridized carbons (Fsp3) is 0.308. The van der Waals surface area contributed by atoms with Gasteiger partial charge in [-0.05, 0) is 18.2 Å². The molecule has 0 N–H and O–H groups in total. The van der Waals surface area contributed by atoms with Gasteiger partial charge in [0.2, 0.25) is 10.0 Å². The first-order chi connectivity index (χ1) is 8.71. The quantitative estimate of drug-likeness (QED) is 0.813. The summed E-state index contributed by atoms with van der Waals surface area (Å²) in [5.41, 5.74) is 0.544. The van der Waals surface area contributed by atoms with Crippen LogP contribution in [0.1, 0.15) is 24.2 Å². The van der Waals surface area contributed by atoms with E-state index < -0.39 is 15.8 Å². The first kappa shape index (κ1) is 13.7. The van der Waals surface area contributed by atoms with Gasteiger partial charge in [0, 0.05) is 23.1 Å². The molecular weight excluding hydrogens is 269 g/mol. The summed E-state index contributed by atoms with van der Waals surface area (Å²) in [6.07, 6.45) is 2.31. The predicted octanol–water partition coefficient (Wildman–Crippen LogP) is 2.43. The zero-order valence-corrected chi connectivity index (χ0v) is 11.7. The van der Waals surface area contributed by atoms with Crippen LogP contribution in [0.25, 0.3) is 10.9 Å². The lowest BCUT2D eigenvalue weighted by molar-refractivity contribution is 0.0941. The van der Waals surface area contributed by atoms with Crippen molar-refractivity contribution in [1.29, 1.82) is 0 Å². The van der Waals surface area contributed by atoms with Gasteiger partial charge in [-0.2, -0.15) is 0 Å². The highest BCUT2D eigenvalue weighted by atomic mass is 32.2. The molecule has 102 valence electrons. The van der Waals surface area contributed by atoms with Gasteiger partial charge in [0.15, 0.2) is 5.78 Å². The minimum Gasteiger partial charge on any atom is -0.294 e. The second kappa shape index (κ2) is 4.45. The molecule has 0 aliphatic carbocycles. The van der Waals surface area contributed by atoms with Gasteiger partial charge in [0.1, 0.15) is 5.82 Å². The molecule has 0 atom stereocenters. The highest BCUT2D eigenvalue weighted by molar-refractivity contribution is 7.89. The van der Waals surface area contributed by atoms with Crippen LogP contribution in [0.3, 0.4) is 0 Å². The Morgan fingerprint density at radius 3 is 2.47 bits per heavy atom. The minimum absolute atomic E-state index is 0.210. The zero-order valence-electron chi connectivity index (χ0n) is 10.8. The van der Waals surface area contributed by atoms with Crippen LogP contribution >= 0.6 is 0 Å². The molecule has 6 heteroatoms. The normalized spacial score (nSPS) is 12.3. The standard InChI is InChI=1S/C13H14FNO3S/c1-8(2)13(16)11-7-15(19(3,17)18)12-5-4-9(14)6-10(11)12/h4-8H,1-3H3. The van der Waals surface area contributed by atoms with Crippen LogP contribution in [0.5, 0.6) is 0 Å². The van der Waals surface area contributed by atoms with Gasteiger partial charge < -0.3 is 0 Å².